The molecule has 1 aliphatic heterocycles. The fraction of sp³-hybridized carbons (Fsp3) is 0.375. The van der Waals surface area contributed by atoms with E-state index in [0.717, 1.165) is 44.2 Å². The number of hydrogen-bond acceptors (Lipinski definition) is 2. The van der Waals surface area contributed by atoms with Crippen molar-refractivity contribution in [2.75, 3.05) is 11.4 Å². The number of carbonyl (C=O) groups is 2. The van der Waals surface area contributed by atoms with Crippen LogP contribution in [0.4, 0.5) is 10.1 Å². The number of hydrogen-bond donors (Lipinski definition) is 1. The molecule has 0 bridgehead atoms. The predicted octanol–water partition coefficient (Wildman–Crippen LogP) is 6.66. The van der Waals surface area contributed by atoms with E-state index >= 15 is 0 Å². The maximum absolute atomic E-state index is 13.7. The van der Waals surface area contributed by atoms with Crippen molar-refractivity contribution in [2.45, 2.75) is 63.3 Å². The molecule has 3 aromatic rings. The molecule has 3 aromatic carbocycles. The van der Waals surface area contributed by atoms with Crippen LogP contribution in [0.15, 0.2) is 78.9 Å². The SMILES string of the molecule is O=C(N[C@@H](CCCCC[C@H]1C[C@@H]1c1ccc(F)cc1)C(=O)N1CCCc2ccccc21)c1ccccc1. The Morgan fingerprint density at radius 1 is 0.919 bits per heavy atom. The van der Waals surface area contributed by atoms with Crippen LogP contribution in [0.3, 0.4) is 0 Å². The predicted molar refractivity (Wildman–Crippen MR) is 145 cm³/mol. The van der Waals surface area contributed by atoms with Gasteiger partial charge in [-0.2, -0.15) is 0 Å². The topological polar surface area (TPSA) is 49.4 Å². The zero-order valence-corrected chi connectivity index (χ0v) is 21.2. The van der Waals surface area contributed by atoms with E-state index in [4.69, 9.17) is 0 Å². The highest BCUT2D eigenvalue weighted by molar-refractivity contribution is 6.02. The molecule has 192 valence electrons. The highest BCUT2D eigenvalue weighted by Gasteiger charge is 2.37. The Hall–Kier alpha value is -3.47. The molecule has 0 saturated heterocycles. The standard InChI is InChI=1S/C32H35FN2O2/c33-27-19-17-23(18-20-27)28-22-26(28)13-5-2-6-15-29(34-31(36)25-11-3-1-4-12-25)32(37)35-21-9-14-24-10-7-8-16-30(24)35/h1,3-4,7-8,10-12,16-20,26,28-29H,2,5-6,9,13-15,21-22H2,(H,34,36)/t26-,28+,29-/m0/s1. The molecule has 2 aliphatic rings. The van der Waals surface area contributed by atoms with E-state index in [0.29, 0.717) is 30.4 Å². The Morgan fingerprint density at radius 2 is 1.68 bits per heavy atom. The summed E-state index contributed by atoms with van der Waals surface area (Å²) in [5.74, 6) is 0.821. The zero-order chi connectivity index (χ0) is 25.6. The number of amides is 2. The number of fused-ring (bicyclic) bond motifs is 1. The first-order valence-corrected chi connectivity index (χ1v) is 13.6. The first kappa shape index (κ1) is 25.2. The third kappa shape index (κ3) is 6.27. The molecule has 2 amide bonds. The second-order valence-corrected chi connectivity index (χ2v) is 10.4. The number of para-hydroxylation sites is 1. The molecule has 0 radical (unpaired) electrons. The highest BCUT2D eigenvalue weighted by Crippen LogP contribution is 2.50. The number of nitrogens with zero attached hydrogens (tertiary/aromatic N) is 1. The molecule has 37 heavy (non-hydrogen) atoms. The van der Waals surface area contributed by atoms with Crippen LogP contribution < -0.4 is 10.2 Å². The number of halogens is 1. The third-order valence-corrected chi connectivity index (χ3v) is 7.80. The largest absolute Gasteiger partial charge is 0.340 e. The highest BCUT2D eigenvalue weighted by atomic mass is 19.1. The number of anilines is 1. The summed E-state index contributed by atoms with van der Waals surface area (Å²) < 4.78 is 13.2. The maximum Gasteiger partial charge on any atom is 0.251 e. The van der Waals surface area contributed by atoms with Gasteiger partial charge in [-0.05, 0) is 85.4 Å². The first-order valence-electron chi connectivity index (χ1n) is 13.6. The number of unbranched alkanes of at least 4 members (excludes halogenated alkanes) is 2. The average Bonchev–Trinajstić information content (AvgIpc) is 3.72. The van der Waals surface area contributed by atoms with E-state index in [1.807, 2.05) is 53.4 Å². The lowest BCUT2D eigenvalue weighted by Gasteiger charge is -2.32. The summed E-state index contributed by atoms with van der Waals surface area (Å²) in [4.78, 5) is 28.5. The minimum absolute atomic E-state index is 0.0185. The lowest BCUT2D eigenvalue weighted by molar-refractivity contribution is -0.120. The minimum Gasteiger partial charge on any atom is -0.340 e. The van der Waals surface area contributed by atoms with Crippen molar-refractivity contribution in [1.82, 2.24) is 5.32 Å². The smallest absolute Gasteiger partial charge is 0.251 e. The summed E-state index contributed by atoms with van der Waals surface area (Å²) in [5.41, 5.74) is 3.97. The molecule has 5 rings (SSSR count). The van der Waals surface area contributed by atoms with Crippen LogP contribution >= 0.6 is 0 Å². The van der Waals surface area contributed by atoms with Crippen molar-refractivity contribution in [2.24, 2.45) is 5.92 Å². The van der Waals surface area contributed by atoms with Crippen LogP contribution in [0.25, 0.3) is 0 Å². The number of benzene rings is 3. The molecule has 1 fully saturated rings. The van der Waals surface area contributed by atoms with E-state index in [2.05, 4.69) is 11.4 Å². The van der Waals surface area contributed by atoms with E-state index in [-0.39, 0.29) is 17.6 Å². The van der Waals surface area contributed by atoms with Crippen LogP contribution in [0, 0.1) is 11.7 Å². The van der Waals surface area contributed by atoms with E-state index in [9.17, 15) is 14.0 Å². The molecular weight excluding hydrogens is 463 g/mol. The molecule has 1 N–H and O–H groups in total. The number of nitrogens with one attached hydrogen (secondary N) is 1. The molecular formula is C32H35FN2O2. The van der Waals surface area contributed by atoms with Crippen molar-refractivity contribution >= 4 is 17.5 Å². The maximum atomic E-state index is 13.7. The molecule has 0 spiro atoms. The molecule has 3 atom stereocenters. The van der Waals surface area contributed by atoms with Gasteiger partial charge in [-0.3, -0.25) is 9.59 Å². The molecule has 0 unspecified atom stereocenters. The van der Waals surface area contributed by atoms with Crippen LogP contribution in [0.1, 0.15) is 72.3 Å². The summed E-state index contributed by atoms with van der Waals surface area (Å²) in [6.45, 7) is 0.681. The van der Waals surface area contributed by atoms with Gasteiger partial charge in [-0.1, -0.05) is 67.8 Å². The quantitative estimate of drug-likeness (QED) is 0.318. The van der Waals surface area contributed by atoms with E-state index in [1.54, 1.807) is 24.3 Å². The van der Waals surface area contributed by atoms with E-state index < -0.39 is 6.04 Å². The Bertz CT molecular complexity index is 1210. The Kier molecular flexibility index (Phi) is 7.98. The minimum atomic E-state index is -0.549. The van der Waals surface area contributed by atoms with Gasteiger partial charge in [0.25, 0.3) is 5.91 Å². The Balaban J connectivity index is 1.17. The lowest BCUT2D eigenvalue weighted by atomic mass is 9.99. The summed E-state index contributed by atoms with van der Waals surface area (Å²) >= 11 is 0. The van der Waals surface area contributed by atoms with Gasteiger partial charge in [0.05, 0.1) is 0 Å². The molecule has 5 heteroatoms. The van der Waals surface area contributed by atoms with Crippen LogP contribution in [-0.2, 0) is 11.2 Å². The van der Waals surface area contributed by atoms with Gasteiger partial charge in [0.15, 0.2) is 0 Å². The summed E-state index contributed by atoms with van der Waals surface area (Å²) in [6.07, 6.45) is 7.86. The van der Waals surface area contributed by atoms with E-state index in [1.165, 1.54) is 17.5 Å². The summed E-state index contributed by atoms with van der Waals surface area (Å²) in [7, 11) is 0. The Morgan fingerprint density at radius 3 is 2.49 bits per heavy atom. The molecule has 1 saturated carbocycles. The summed E-state index contributed by atoms with van der Waals surface area (Å²) in [6, 6.07) is 23.6. The molecule has 1 heterocycles. The number of aryl methyl sites for hydroxylation is 1. The van der Waals surface area contributed by atoms with Crippen molar-refractivity contribution < 1.29 is 14.0 Å². The van der Waals surface area contributed by atoms with Crippen molar-refractivity contribution in [1.29, 1.82) is 0 Å². The van der Waals surface area contributed by atoms with Crippen molar-refractivity contribution in [3.05, 3.63) is 101 Å². The van der Waals surface area contributed by atoms with Crippen molar-refractivity contribution in [3.63, 3.8) is 0 Å². The average molecular weight is 499 g/mol. The van der Waals surface area contributed by atoms with Gasteiger partial charge in [0.1, 0.15) is 11.9 Å². The monoisotopic (exact) mass is 498 g/mol. The fourth-order valence-corrected chi connectivity index (χ4v) is 5.66. The molecule has 0 aromatic heterocycles. The van der Waals surface area contributed by atoms with Gasteiger partial charge >= 0.3 is 0 Å². The van der Waals surface area contributed by atoms with Crippen LogP contribution in [-0.4, -0.2) is 24.4 Å². The van der Waals surface area contributed by atoms with Gasteiger partial charge in [-0.15, -0.1) is 0 Å². The second kappa shape index (κ2) is 11.7. The number of rotatable bonds is 10. The van der Waals surface area contributed by atoms with Gasteiger partial charge < -0.3 is 10.2 Å². The van der Waals surface area contributed by atoms with Crippen molar-refractivity contribution in [3.8, 4) is 0 Å². The Labute approximate surface area is 218 Å². The number of carbonyl (C=O) groups excluding carboxylic acids is 2. The fourth-order valence-electron chi connectivity index (χ4n) is 5.66. The van der Waals surface area contributed by atoms with Gasteiger partial charge in [0, 0.05) is 17.8 Å². The molecule has 1 aliphatic carbocycles. The van der Waals surface area contributed by atoms with Gasteiger partial charge in [-0.25, -0.2) is 4.39 Å². The third-order valence-electron chi connectivity index (χ3n) is 7.80. The van der Waals surface area contributed by atoms with Crippen LogP contribution in [0.2, 0.25) is 0 Å². The lowest BCUT2D eigenvalue weighted by Crippen LogP contribution is -2.50. The normalized spacial score (nSPS) is 19.1. The summed E-state index contributed by atoms with van der Waals surface area (Å²) in [5, 5.41) is 3.05. The zero-order valence-electron chi connectivity index (χ0n) is 21.2. The molecule has 4 nitrogen and oxygen atoms in total. The van der Waals surface area contributed by atoms with Gasteiger partial charge in [0.2, 0.25) is 5.91 Å². The van der Waals surface area contributed by atoms with Crippen LogP contribution in [0.5, 0.6) is 0 Å². The second-order valence-electron chi connectivity index (χ2n) is 10.4. The first-order chi connectivity index (χ1) is 18.1.